The van der Waals surface area contributed by atoms with Gasteiger partial charge in [0.05, 0.1) is 6.54 Å². The van der Waals surface area contributed by atoms with Crippen LogP contribution in [0.3, 0.4) is 0 Å². The topological polar surface area (TPSA) is 15.3 Å². The quantitative estimate of drug-likeness (QED) is 0.676. The average molecular weight is 222 g/mol. The van der Waals surface area contributed by atoms with Crippen LogP contribution in [0, 0.1) is 11.8 Å². The molecule has 0 radical (unpaired) electrons. The van der Waals surface area contributed by atoms with Gasteiger partial charge in [-0.25, -0.2) is 8.78 Å². The highest BCUT2D eigenvalue weighted by molar-refractivity contribution is 4.63. The molecule has 0 saturated heterocycles. The van der Waals surface area contributed by atoms with Crippen molar-refractivity contribution in [2.24, 2.45) is 11.8 Å². The molecule has 1 N–H and O–H groups in total. The predicted octanol–water partition coefficient (Wildman–Crippen LogP) is 2.06. The van der Waals surface area contributed by atoms with Crippen molar-refractivity contribution >= 4 is 0 Å². The lowest BCUT2D eigenvalue weighted by atomic mass is 10.1. The van der Waals surface area contributed by atoms with Crippen molar-refractivity contribution in [1.29, 1.82) is 0 Å². The Kier molecular flexibility index (Phi) is 7.88. The molecule has 0 fully saturated rings. The summed E-state index contributed by atoms with van der Waals surface area (Å²) in [4.78, 5) is 1.69. The maximum absolute atomic E-state index is 12.0. The Bertz CT molecular complexity index is 152. The summed E-state index contributed by atoms with van der Waals surface area (Å²) >= 11 is 0. The van der Waals surface area contributed by atoms with Crippen molar-refractivity contribution in [3.05, 3.63) is 0 Å². The van der Waals surface area contributed by atoms with E-state index in [0.717, 1.165) is 19.6 Å². The molecule has 0 saturated carbocycles. The van der Waals surface area contributed by atoms with Crippen LogP contribution in [0.15, 0.2) is 0 Å². The first-order chi connectivity index (χ1) is 6.91. The molecule has 2 nitrogen and oxygen atoms in total. The summed E-state index contributed by atoms with van der Waals surface area (Å²) in [7, 11) is 1.74. The molecule has 15 heavy (non-hydrogen) atoms. The zero-order valence-electron chi connectivity index (χ0n) is 10.3. The minimum absolute atomic E-state index is 0.130. The van der Waals surface area contributed by atoms with Gasteiger partial charge in [0, 0.05) is 6.54 Å². The summed E-state index contributed by atoms with van der Waals surface area (Å²) in [5.41, 5.74) is 0. The molecule has 1 unspecified atom stereocenters. The van der Waals surface area contributed by atoms with Crippen molar-refractivity contribution in [1.82, 2.24) is 10.2 Å². The summed E-state index contributed by atoms with van der Waals surface area (Å²) in [5.74, 6) is 1.04. The van der Waals surface area contributed by atoms with Gasteiger partial charge in [0.25, 0.3) is 6.43 Å². The molecule has 0 aromatic carbocycles. The van der Waals surface area contributed by atoms with Gasteiger partial charge >= 0.3 is 0 Å². The fraction of sp³-hybridized carbons (Fsp3) is 1.00. The van der Waals surface area contributed by atoms with Crippen LogP contribution in [-0.4, -0.2) is 44.6 Å². The fourth-order valence-electron chi connectivity index (χ4n) is 1.53. The maximum atomic E-state index is 12.0. The van der Waals surface area contributed by atoms with E-state index in [0.29, 0.717) is 11.8 Å². The summed E-state index contributed by atoms with van der Waals surface area (Å²) < 4.78 is 24.1. The van der Waals surface area contributed by atoms with E-state index < -0.39 is 6.43 Å². The number of hydrogen-bond donors (Lipinski definition) is 1. The number of halogens is 2. The summed E-state index contributed by atoms with van der Waals surface area (Å²) in [6.07, 6.45) is -2.23. The smallest absolute Gasteiger partial charge is 0.251 e. The van der Waals surface area contributed by atoms with Crippen LogP contribution in [0.2, 0.25) is 0 Å². The molecule has 0 spiro atoms. The van der Waals surface area contributed by atoms with Crippen LogP contribution in [0.4, 0.5) is 8.78 Å². The minimum atomic E-state index is -2.23. The molecule has 1 atom stereocenters. The van der Waals surface area contributed by atoms with Crippen LogP contribution in [0.5, 0.6) is 0 Å². The standard InChI is InChI=1S/C11H24F2N2/c1-9(2)5-14-6-10(3)7-15(4)8-11(12)13/h9-11,14H,5-8H2,1-4H3. The molecule has 0 bridgehead atoms. The van der Waals surface area contributed by atoms with E-state index in [2.05, 4.69) is 26.1 Å². The van der Waals surface area contributed by atoms with Gasteiger partial charge in [-0.3, -0.25) is 0 Å². The first kappa shape index (κ1) is 14.8. The first-order valence-corrected chi connectivity index (χ1v) is 5.59. The lowest BCUT2D eigenvalue weighted by Gasteiger charge is -2.21. The van der Waals surface area contributed by atoms with Gasteiger partial charge < -0.3 is 10.2 Å². The number of hydrogen-bond acceptors (Lipinski definition) is 2. The average Bonchev–Trinajstić information content (AvgIpc) is 2.00. The third kappa shape index (κ3) is 10.1. The van der Waals surface area contributed by atoms with E-state index in [-0.39, 0.29) is 6.54 Å². The number of rotatable bonds is 8. The lowest BCUT2D eigenvalue weighted by molar-refractivity contribution is 0.0942. The van der Waals surface area contributed by atoms with E-state index in [1.165, 1.54) is 0 Å². The van der Waals surface area contributed by atoms with Gasteiger partial charge in [-0.1, -0.05) is 20.8 Å². The summed E-state index contributed by atoms with van der Waals surface area (Å²) in [5, 5.41) is 3.33. The second-order valence-corrected chi connectivity index (χ2v) is 4.77. The molecule has 0 aromatic rings. The Morgan fingerprint density at radius 3 is 2.13 bits per heavy atom. The largest absolute Gasteiger partial charge is 0.316 e. The molecule has 0 rings (SSSR count). The Labute approximate surface area is 92.0 Å². The van der Waals surface area contributed by atoms with Crippen molar-refractivity contribution in [2.45, 2.75) is 27.2 Å². The molecule has 0 amide bonds. The molecule has 0 aliphatic heterocycles. The Morgan fingerprint density at radius 2 is 1.67 bits per heavy atom. The zero-order valence-corrected chi connectivity index (χ0v) is 10.3. The lowest BCUT2D eigenvalue weighted by Crippen LogP contribution is -2.34. The van der Waals surface area contributed by atoms with E-state index in [1.54, 1.807) is 11.9 Å². The molecular weight excluding hydrogens is 198 g/mol. The minimum Gasteiger partial charge on any atom is -0.316 e. The third-order valence-electron chi connectivity index (χ3n) is 2.12. The summed E-state index contributed by atoms with van der Waals surface area (Å²) in [6, 6.07) is 0. The molecule has 0 heterocycles. The zero-order chi connectivity index (χ0) is 11.8. The van der Waals surface area contributed by atoms with Gasteiger partial charge in [-0.05, 0) is 32.0 Å². The van der Waals surface area contributed by atoms with Gasteiger partial charge in [0.2, 0.25) is 0 Å². The Morgan fingerprint density at radius 1 is 1.07 bits per heavy atom. The Hall–Kier alpha value is -0.220. The van der Waals surface area contributed by atoms with Crippen molar-refractivity contribution in [2.75, 3.05) is 33.2 Å². The van der Waals surface area contributed by atoms with Crippen molar-refractivity contribution in [3.8, 4) is 0 Å². The summed E-state index contributed by atoms with van der Waals surface area (Å²) in [6.45, 7) is 8.86. The van der Waals surface area contributed by atoms with Gasteiger partial charge in [0.15, 0.2) is 0 Å². The molecule has 4 heteroatoms. The van der Waals surface area contributed by atoms with E-state index >= 15 is 0 Å². The van der Waals surface area contributed by atoms with Crippen LogP contribution in [0.25, 0.3) is 0 Å². The fourth-order valence-corrected chi connectivity index (χ4v) is 1.53. The molecule has 0 aliphatic carbocycles. The highest BCUT2D eigenvalue weighted by Gasteiger charge is 2.10. The van der Waals surface area contributed by atoms with Crippen LogP contribution in [-0.2, 0) is 0 Å². The Balaban J connectivity index is 3.50. The number of nitrogens with one attached hydrogen (secondary N) is 1. The molecule has 92 valence electrons. The van der Waals surface area contributed by atoms with Crippen LogP contribution >= 0.6 is 0 Å². The maximum Gasteiger partial charge on any atom is 0.251 e. The number of alkyl halides is 2. The first-order valence-electron chi connectivity index (χ1n) is 5.59. The third-order valence-corrected chi connectivity index (χ3v) is 2.12. The van der Waals surface area contributed by atoms with E-state index in [9.17, 15) is 8.78 Å². The molecule has 0 aromatic heterocycles. The van der Waals surface area contributed by atoms with E-state index in [1.807, 2.05) is 0 Å². The van der Waals surface area contributed by atoms with Gasteiger partial charge in [-0.15, -0.1) is 0 Å². The van der Waals surface area contributed by atoms with Crippen LogP contribution < -0.4 is 5.32 Å². The normalized spacial score (nSPS) is 14.2. The second-order valence-electron chi connectivity index (χ2n) is 4.77. The van der Waals surface area contributed by atoms with Gasteiger partial charge in [-0.2, -0.15) is 0 Å². The SMILES string of the molecule is CC(C)CNCC(C)CN(C)CC(F)F. The second kappa shape index (κ2) is 7.99. The molecular formula is C11H24F2N2. The van der Waals surface area contributed by atoms with Crippen molar-refractivity contribution < 1.29 is 8.78 Å². The van der Waals surface area contributed by atoms with E-state index in [4.69, 9.17) is 0 Å². The number of nitrogens with zero attached hydrogens (tertiary/aromatic N) is 1. The highest BCUT2D eigenvalue weighted by Crippen LogP contribution is 2.01. The predicted molar refractivity (Wildman–Crippen MR) is 60.4 cm³/mol. The monoisotopic (exact) mass is 222 g/mol. The molecule has 0 aliphatic rings. The van der Waals surface area contributed by atoms with Gasteiger partial charge in [0.1, 0.15) is 0 Å². The highest BCUT2D eigenvalue weighted by atomic mass is 19.3. The van der Waals surface area contributed by atoms with Crippen LogP contribution in [0.1, 0.15) is 20.8 Å². The van der Waals surface area contributed by atoms with Crippen molar-refractivity contribution in [3.63, 3.8) is 0 Å².